The lowest BCUT2D eigenvalue weighted by Gasteiger charge is -2.40. The third-order valence-electron chi connectivity index (χ3n) is 13.0. The molecule has 9 rings (SSSR count). The van der Waals surface area contributed by atoms with E-state index in [1.807, 2.05) is 24.0 Å². The van der Waals surface area contributed by atoms with E-state index in [0.717, 1.165) is 36.1 Å². The Morgan fingerprint density at radius 1 is 0.951 bits per heavy atom. The number of likely N-dealkylation sites (tertiary alicyclic amines) is 1. The molecule has 4 atom stereocenters. The number of nitrogens with zero attached hydrogens (tertiary/aromatic N) is 5. The zero-order chi connectivity index (χ0) is 43.2. The van der Waals surface area contributed by atoms with Crippen molar-refractivity contribution in [3.05, 3.63) is 111 Å². The minimum atomic E-state index is -5.88. The zero-order valence-electron chi connectivity index (χ0n) is 33.3. The second kappa shape index (κ2) is 14.7. The van der Waals surface area contributed by atoms with Crippen LogP contribution >= 0.6 is 7.60 Å². The van der Waals surface area contributed by atoms with Crippen LogP contribution in [-0.2, 0) is 26.9 Å². The molecule has 1 spiro atoms. The number of carbonyl (C=O) groups is 4. The summed E-state index contributed by atoms with van der Waals surface area (Å²) in [5.41, 5.74) is -3.80. The van der Waals surface area contributed by atoms with Crippen LogP contribution in [0.4, 0.5) is 8.78 Å². The summed E-state index contributed by atoms with van der Waals surface area (Å²) in [4.78, 5) is 94.1. The number of hydrogen-bond donors (Lipinski definition) is 3. The summed E-state index contributed by atoms with van der Waals surface area (Å²) in [7, 11) is -4.20. The molecule has 0 radical (unpaired) electrons. The van der Waals surface area contributed by atoms with Gasteiger partial charge in [-0.1, -0.05) is 35.0 Å². The number of alkyl halides is 2. The molecule has 2 aromatic heterocycles. The van der Waals surface area contributed by atoms with E-state index < -0.39 is 54.7 Å². The molecule has 3 saturated heterocycles. The summed E-state index contributed by atoms with van der Waals surface area (Å²) in [5, 5.41) is 7.83. The monoisotopic (exact) mass is 856 g/mol. The third kappa shape index (κ3) is 7.11. The van der Waals surface area contributed by atoms with Crippen LogP contribution in [0.3, 0.4) is 0 Å². The summed E-state index contributed by atoms with van der Waals surface area (Å²) in [6.45, 7) is 2.12. The number of aryl methyl sites for hydroxylation is 2. The Kier molecular flexibility index (Phi) is 9.79. The highest BCUT2D eigenvalue weighted by molar-refractivity contribution is 7.52. The highest BCUT2D eigenvalue weighted by atomic mass is 31.2. The molecule has 0 unspecified atom stereocenters. The Morgan fingerprint density at radius 3 is 2.46 bits per heavy atom. The molecule has 5 heterocycles. The standard InChI is InChI=1S/C43H43F2N6O9P/c1-24-3-10-35-32(17-24)37(47-60-35)41(56)49-16-12-31-8-9-34(40(55)50-22-29(21-42(50)13-14-42)26-11-15-48(2)36(52)20-26)51(31)39(54)33(23-49)46-38(53)27-5-4-25-6-7-30(19-28(25)18-27)43(44,45)61(57,58)59/h3-7,10-11,15,17-20,29,31,33-34H,8-9,12-14,16,21-23H2,1-2H3,(H,46,53)(H2,57,58,59)/t29-,31-,33+,34+/m1/s1. The highest BCUT2D eigenvalue weighted by Crippen LogP contribution is 2.59. The predicted molar refractivity (Wildman–Crippen MR) is 217 cm³/mol. The Hall–Kier alpha value is -5.77. The van der Waals surface area contributed by atoms with E-state index in [4.69, 9.17) is 4.52 Å². The number of pyridine rings is 1. The van der Waals surface area contributed by atoms with Gasteiger partial charge in [0.1, 0.15) is 12.1 Å². The van der Waals surface area contributed by atoms with Gasteiger partial charge in [-0.15, -0.1) is 0 Å². The first-order valence-electron chi connectivity index (χ1n) is 20.2. The first-order chi connectivity index (χ1) is 28.9. The van der Waals surface area contributed by atoms with Crippen molar-refractivity contribution < 1.29 is 46.8 Å². The minimum absolute atomic E-state index is 0.0418. The molecule has 61 heavy (non-hydrogen) atoms. The average molecular weight is 857 g/mol. The average Bonchev–Trinajstić information content (AvgIpc) is 3.50. The number of amides is 4. The fourth-order valence-electron chi connectivity index (χ4n) is 9.46. The van der Waals surface area contributed by atoms with Crippen LogP contribution in [0.1, 0.15) is 82.0 Å². The predicted octanol–water partition coefficient (Wildman–Crippen LogP) is 4.77. The summed E-state index contributed by atoms with van der Waals surface area (Å²) in [6, 6.07) is 13.4. The molecule has 3 N–H and O–H groups in total. The van der Waals surface area contributed by atoms with Crippen LogP contribution in [0, 0.1) is 6.92 Å². The number of aromatic nitrogens is 2. The van der Waals surface area contributed by atoms with Crippen molar-refractivity contribution in [2.24, 2.45) is 7.05 Å². The van der Waals surface area contributed by atoms with Crippen LogP contribution < -0.4 is 10.9 Å². The lowest BCUT2D eigenvalue weighted by molar-refractivity contribution is -0.148. The molecule has 4 fully saturated rings. The summed E-state index contributed by atoms with van der Waals surface area (Å²) >= 11 is 0. The van der Waals surface area contributed by atoms with Crippen molar-refractivity contribution in [3.63, 3.8) is 0 Å². The van der Waals surface area contributed by atoms with Crippen LogP contribution in [-0.4, -0.2) is 101 Å². The van der Waals surface area contributed by atoms with E-state index >= 15 is 0 Å². The molecule has 5 aromatic rings. The van der Waals surface area contributed by atoms with Gasteiger partial charge in [-0.05, 0) is 98.2 Å². The number of hydrogen-bond acceptors (Lipinski definition) is 8. The van der Waals surface area contributed by atoms with Gasteiger partial charge in [0.25, 0.3) is 17.4 Å². The number of nitrogens with one attached hydrogen (secondary N) is 1. The van der Waals surface area contributed by atoms with E-state index in [1.54, 1.807) is 36.3 Å². The normalized spacial score (nSPS) is 22.7. The van der Waals surface area contributed by atoms with Crippen LogP contribution in [0.25, 0.3) is 21.7 Å². The van der Waals surface area contributed by atoms with Gasteiger partial charge in [0.05, 0.1) is 11.9 Å². The fourth-order valence-corrected chi connectivity index (χ4v) is 9.94. The van der Waals surface area contributed by atoms with Crippen LogP contribution in [0.2, 0.25) is 0 Å². The lowest BCUT2D eigenvalue weighted by Crippen LogP contribution is -2.61. The van der Waals surface area contributed by atoms with Gasteiger partial charge in [-0.25, -0.2) is 0 Å². The van der Waals surface area contributed by atoms with Crippen molar-refractivity contribution in [2.45, 2.75) is 80.7 Å². The number of benzene rings is 3. The molecule has 18 heteroatoms. The molecule has 1 aliphatic carbocycles. The van der Waals surface area contributed by atoms with Crippen molar-refractivity contribution in [1.82, 2.24) is 29.7 Å². The summed E-state index contributed by atoms with van der Waals surface area (Å²) in [5.74, 6) is -2.11. The van der Waals surface area contributed by atoms with Gasteiger partial charge in [-0.2, -0.15) is 8.78 Å². The maximum atomic E-state index is 15.0. The highest BCUT2D eigenvalue weighted by Gasteiger charge is 2.59. The molecule has 318 valence electrons. The Labute approximate surface area is 347 Å². The summed E-state index contributed by atoms with van der Waals surface area (Å²) < 4.78 is 47.9. The topological polar surface area (TPSA) is 196 Å². The molecular weight excluding hydrogens is 813 g/mol. The first kappa shape index (κ1) is 40.6. The van der Waals surface area contributed by atoms with Crippen molar-refractivity contribution in [1.29, 1.82) is 0 Å². The molecule has 3 aromatic carbocycles. The smallest absolute Gasteiger partial charge is 0.355 e. The molecule has 4 amide bonds. The first-order valence-corrected chi connectivity index (χ1v) is 21.8. The van der Waals surface area contributed by atoms with E-state index in [0.29, 0.717) is 48.6 Å². The minimum Gasteiger partial charge on any atom is -0.355 e. The van der Waals surface area contributed by atoms with Crippen molar-refractivity contribution in [2.75, 3.05) is 19.6 Å². The second-order valence-corrected chi connectivity index (χ2v) is 18.6. The van der Waals surface area contributed by atoms with Gasteiger partial charge in [0.15, 0.2) is 11.3 Å². The van der Waals surface area contributed by atoms with Crippen LogP contribution in [0.15, 0.2) is 82.2 Å². The number of carbonyl (C=O) groups excluding carboxylic acids is 4. The van der Waals surface area contributed by atoms with E-state index in [2.05, 4.69) is 10.5 Å². The second-order valence-electron chi connectivity index (χ2n) is 16.9. The molecule has 15 nitrogen and oxygen atoms in total. The Morgan fingerprint density at radius 2 is 1.72 bits per heavy atom. The maximum Gasteiger partial charge on any atom is 0.399 e. The molecular formula is C43H43F2N6O9P. The quantitative estimate of drug-likeness (QED) is 0.192. The van der Waals surface area contributed by atoms with Gasteiger partial charge < -0.3 is 38.9 Å². The van der Waals surface area contributed by atoms with Crippen LogP contribution in [0.5, 0.6) is 0 Å². The third-order valence-corrected chi connectivity index (χ3v) is 14.0. The molecule has 0 bridgehead atoms. The lowest BCUT2D eigenvalue weighted by atomic mass is 9.96. The van der Waals surface area contributed by atoms with E-state index in [1.165, 1.54) is 33.7 Å². The number of rotatable bonds is 7. The van der Waals surface area contributed by atoms with Gasteiger partial charge >= 0.3 is 13.3 Å². The van der Waals surface area contributed by atoms with E-state index in [9.17, 15) is 47.1 Å². The molecule has 3 aliphatic heterocycles. The largest absolute Gasteiger partial charge is 0.399 e. The Bertz CT molecular complexity index is 2760. The SMILES string of the molecule is Cc1ccc2onc(C(=O)N3CC[C@H]4CC[C@@H](C(=O)N5C[C@H](c6ccn(C)c(=O)c6)CC56CC6)N4C(=O)[C@@H](NC(=O)c4ccc5ccc(C(F)(F)P(=O)(O)O)cc5c4)C3)c2c1. The Balaban J connectivity index is 1.03. The molecule has 1 saturated carbocycles. The summed E-state index contributed by atoms with van der Waals surface area (Å²) in [6.07, 6.45) is 5.22. The van der Waals surface area contributed by atoms with Crippen molar-refractivity contribution in [3.8, 4) is 0 Å². The zero-order valence-corrected chi connectivity index (χ0v) is 34.2. The van der Waals surface area contributed by atoms with Crippen molar-refractivity contribution >= 4 is 53.0 Å². The number of halogens is 2. The van der Waals surface area contributed by atoms with Gasteiger partial charge in [-0.3, -0.25) is 28.5 Å². The van der Waals surface area contributed by atoms with Gasteiger partial charge in [0, 0.05) is 61.0 Å². The molecule has 4 aliphatic rings. The number of fused-ring (bicyclic) bond motifs is 3. The van der Waals surface area contributed by atoms with Gasteiger partial charge in [0.2, 0.25) is 11.8 Å². The van der Waals surface area contributed by atoms with E-state index in [-0.39, 0.29) is 52.7 Å². The fraction of sp³-hybridized carbons (Fsp3) is 0.395. The maximum absolute atomic E-state index is 15.0.